The van der Waals surface area contributed by atoms with E-state index in [-0.39, 0.29) is 18.3 Å². The zero-order chi connectivity index (χ0) is 22.0. The third kappa shape index (κ3) is 5.36. The van der Waals surface area contributed by atoms with Crippen LogP contribution in [0, 0.1) is 0 Å². The van der Waals surface area contributed by atoms with E-state index >= 15 is 0 Å². The summed E-state index contributed by atoms with van der Waals surface area (Å²) in [6.45, 7) is 0.319. The van der Waals surface area contributed by atoms with Crippen molar-refractivity contribution >= 4 is 36.2 Å². The van der Waals surface area contributed by atoms with Crippen molar-refractivity contribution in [2.75, 3.05) is 18.3 Å². The Morgan fingerprint density at radius 1 is 1.32 bits per heavy atom. The van der Waals surface area contributed by atoms with Crippen LogP contribution in [0.2, 0.25) is 5.28 Å². The van der Waals surface area contributed by atoms with Crippen LogP contribution in [-0.2, 0) is 20.6 Å². The van der Waals surface area contributed by atoms with Crippen LogP contribution < -0.4 is 5.32 Å². The van der Waals surface area contributed by atoms with Crippen molar-refractivity contribution in [3.8, 4) is 0 Å². The fourth-order valence-electron chi connectivity index (χ4n) is 3.23. The van der Waals surface area contributed by atoms with E-state index in [0.717, 1.165) is 5.56 Å². The van der Waals surface area contributed by atoms with E-state index in [0.29, 0.717) is 23.5 Å². The molecular formula is C17H20ClN6O6P. The number of aromatic nitrogens is 5. The Labute approximate surface area is 181 Å². The first-order chi connectivity index (χ1) is 14.8. The number of aliphatic hydroxyl groups is 1. The Bertz CT molecular complexity index is 1100. The molecule has 0 bridgehead atoms. The van der Waals surface area contributed by atoms with E-state index in [2.05, 4.69) is 25.3 Å². The molecule has 0 aliphatic carbocycles. The second-order valence-electron chi connectivity index (χ2n) is 6.97. The largest absolute Gasteiger partial charge is 0.390 e. The smallest absolute Gasteiger partial charge is 0.350 e. The quantitative estimate of drug-likeness (QED) is 0.277. The highest BCUT2D eigenvalue weighted by molar-refractivity contribution is 7.51. The minimum absolute atomic E-state index is 0.0200. The normalized spacial score (nSPS) is 21.6. The van der Waals surface area contributed by atoms with Crippen LogP contribution >= 0.6 is 19.2 Å². The molecule has 3 atom stereocenters. The van der Waals surface area contributed by atoms with Crippen molar-refractivity contribution in [3.63, 3.8) is 0 Å². The zero-order valence-corrected chi connectivity index (χ0v) is 17.7. The van der Waals surface area contributed by atoms with Gasteiger partial charge in [0.05, 0.1) is 19.0 Å². The van der Waals surface area contributed by atoms with E-state index in [9.17, 15) is 9.67 Å². The van der Waals surface area contributed by atoms with Crippen molar-refractivity contribution < 1.29 is 28.9 Å². The summed E-state index contributed by atoms with van der Waals surface area (Å²) in [5.74, 6) is 0.450. The first-order valence-corrected chi connectivity index (χ1v) is 11.5. The summed E-state index contributed by atoms with van der Waals surface area (Å²) < 4.78 is 23.3. The molecule has 4 N–H and O–H groups in total. The van der Waals surface area contributed by atoms with E-state index in [1.165, 1.54) is 6.33 Å². The molecule has 0 unspecified atom stereocenters. The van der Waals surface area contributed by atoms with Gasteiger partial charge in [-0.1, -0.05) is 0 Å². The van der Waals surface area contributed by atoms with Crippen molar-refractivity contribution in [2.45, 2.75) is 31.4 Å². The summed E-state index contributed by atoms with van der Waals surface area (Å²) in [6.07, 6.45) is 2.13. The van der Waals surface area contributed by atoms with Gasteiger partial charge in [-0.05, 0) is 29.3 Å². The average Bonchev–Trinajstić information content (AvgIpc) is 3.29. The Hall–Kier alpha value is -2.18. The molecule has 3 aromatic rings. The minimum Gasteiger partial charge on any atom is -0.390 e. The number of rotatable bonds is 8. The molecule has 14 heteroatoms. The summed E-state index contributed by atoms with van der Waals surface area (Å²) >= 11 is 6.11. The molecule has 1 aliphatic heterocycles. The fraction of sp³-hybridized carbons (Fsp3) is 0.412. The molecule has 31 heavy (non-hydrogen) atoms. The second kappa shape index (κ2) is 9.13. The molecule has 1 fully saturated rings. The number of fused-ring (bicyclic) bond motifs is 1. The maximum Gasteiger partial charge on any atom is 0.350 e. The molecule has 0 spiro atoms. The average molecular weight is 471 g/mol. The lowest BCUT2D eigenvalue weighted by atomic mass is 10.2. The first-order valence-electron chi connectivity index (χ1n) is 9.29. The van der Waals surface area contributed by atoms with E-state index in [1.807, 2.05) is 12.1 Å². The fourth-order valence-corrected chi connectivity index (χ4v) is 3.74. The zero-order valence-electron chi connectivity index (χ0n) is 16.1. The highest BCUT2D eigenvalue weighted by Gasteiger charge is 2.36. The minimum atomic E-state index is -4.30. The van der Waals surface area contributed by atoms with Gasteiger partial charge in [-0.25, -0.2) is 4.98 Å². The number of hydrogen-bond donors (Lipinski definition) is 4. The van der Waals surface area contributed by atoms with E-state index in [1.54, 1.807) is 17.0 Å². The molecule has 1 saturated heterocycles. The standard InChI is InChI=1S/C17H20ClN6O6P/c18-17-22-15(20-6-10-1-3-19-4-2-10)14-16(23-17)24(8-21-14)13-5-11(25)12(30-13)7-29-9-31(26,27)28/h1-4,8,11-13,25H,5-7,9H2,(H,20,22,23)(H2,26,27,28)/t11-,12+,13+/m0/s1. The molecule has 166 valence electrons. The van der Waals surface area contributed by atoms with Gasteiger partial charge in [-0.15, -0.1) is 0 Å². The van der Waals surface area contributed by atoms with Gasteiger partial charge in [0.1, 0.15) is 18.7 Å². The van der Waals surface area contributed by atoms with Crippen LogP contribution in [0.3, 0.4) is 0 Å². The molecule has 0 radical (unpaired) electrons. The Morgan fingerprint density at radius 2 is 2.10 bits per heavy atom. The lowest BCUT2D eigenvalue weighted by Crippen LogP contribution is -2.26. The molecule has 0 amide bonds. The third-order valence-electron chi connectivity index (χ3n) is 4.66. The van der Waals surface area contributed by atoms with Crippen LogP contribution in [0.15, 0.2) is 30.9 Å². The number of pyridine rings is 1. The second-order valence-corrected chi connectivity index (χ2v) is 8.90. The van der Waals surface area contributed by atoms with Gasteiger partial charge in [-0.3, -0.25) is 14.1 Å². The van der Waals surface area contributed by atoms with Gasteiger partial charge in [-0.2, -0.15) is 9.97 Å². The predicted octanol–water partition coefficient (Wildman–Crippen LogP) is 1.29. The van der Waals surface area contributed by atoms with Crippen molar-refractivity contribution in [1.29, 1.82) is 0 Å². The number of anilines is 1. The monoisotopic (exact) mass is 470 g/mol. The lowest BCUT2D eigenvalue weighted by Gasteiger charge is -2.16. The highest BCUT2D eigenvalue weighted by Crippen LogP contribution is 2.36. The molecule has 3 aromatic heterocycles. The lowest BCUT2D eigenvalue weighted by molar-refractivity contribution is -0.0564. The van der Waals surface area contributed by atoms with Gasteiger partial charge in [0, 0.05) is 25.4 Å². The van der Waals surface area contributed by atoms with Crippen molar-refractivity contribution in [1.82, 2.24) is 24.5 Å². The van der Waals surface area contributed by atoms with Gasteiger partial charge in [0.15, 0.2) is 17.0 Å². The molecule has 4 heterocycles. The Balaban J connectivity index is 1.50. The molecule has 0 aromatic carbocycles. The number of nitrogens with zero attached hydrogens (tertiary/aromatic N) is 5. The molecule has 12 nitrogen and oxygen atoms in total. The number of nitrogens with one attached hydrogen (secondary N) is 1. The first kappa shape index (κ1) is 22.0. The number of hydrogen-bond acceptors (Lipinski definition) is 9. The van der Waals surface area contributed by atoms with Gasteiger partial charge < -0.3 is 29.7 Å². The number of aliphatic hydroxyl groups excluding tert-OH is 1. The molecule has 4 rings (SSSR count). The number of imidazole rings is 1. The molecule has 1 aliphatic rings. The summed E-state index contributed by atoms with van der Waals surface area (Å²) in [4.78, 5) is 34.6. The van der Waals surface area contributed by atoms with Gasteiger partial charge in [0.25, 0.3) is 0 Å². The maximum absolute atomic E-state index is 10.9. The topological polar surface area (TPSA) is 165 Å². The number of ether oxygens (including phenoxy) is 2. The van der Waals surface area contributed by atoms with Crippen molar-refractivity contribution in [3.05, 3.63) is 41.7 Å². The summed E-state index contributed by atoms with van der Waals surface area (Å²) in [5, 5.41) is 13.5. The summed E-state index contributed by atoms with van der Waals surface area (Å²) in [7, 11) is -4.30. The van der Waals surface area contributed by atoms with Crippen LogP contribution in [0.25, 0.3) is 11.2 Å². The number of halogens is 1. The maximum atomic E-state index is 10.9. The van der Waals surface area contributed by atoms with Crippen molar-refractivity contribution in [2.24, 2.45) is 0 Å². The summed E-state index contributed by atoms with van der Waals surface area (Å²) in [5.41, 5.74) is 1.90. The van der Waals surface area contributed by atoms with E-state index < -0.39 is 32.4 Å². The SMILES string of the molecule is O=P(O)(O)COC[C@H]1O[C@@H](n2cnc3c(NCc4ccncc4)nc(Cl)nc32)C[C@@H]1O. The predicted molar refractivity (Wildman–Crippen MR) is 109 cm³/mol. The Morgan fingerprint density at radius 3 is 2.84 bits per heavy atom. The van der Waals surface area contributed by atoms with Crippen LogP contribution in [-0.4, -0.2) is 64.6 Å². The van der Waals surface area contributed by atoms with Gasteiger partial charge in [0.2, 0.25) is 5.28 Å². The van der Waals surface area contributed by atoms with Crippen LogP contribution in [0.1, 0.15) is 18.2 Å². The molecule has 0 saturated carbocycles. The molecular weight excluding hydrogens is 451 g/mol. The highest BCUT2D eigenvalue weighted by atomic mass is 35.5. The summed E-state index contributed by atoms with van der Waals surface area (Å²) in [6, 6.07) is 3.74. The Kier molecular flexibility index (Phi) is 6.49. The van der Waals surface area contributed by atoms with Crippen LogP contribution in [0.5, 0.6) is 0 Å². The third-order valence-corrected chi connectivity index (χ3v) is 5.35. The van der Waals surface area contributed by atoms with Crippen LogP contribution in [0.4, 0.5) is 5.82 Å². The van der Waals surface area contributed by atoms with E-state index in [4.69, 9.17) is 30.9 Å². The van der Waals surface area contributed by atoms with Gasteiger partial charge >= 0.3 is 7.60 Å².